The summed E-state index contributed by atoms with van der Waals surface area (Å²) in [6.45, 7) is 3.99. The van der Waals surface area contributed by atoms with E-state index in [4.69, 9.17) is 11.6 Å². The Kier molecular flexibility index (Phi) is 2.50. The molecule has 0 nitrogen and oxygen atoms in total. The first-order chi connectivity index (χ1) is 7.00. The van der Waals surface area contributed by atoms with Gasteiger partial charge in [0.1, 0.15) is 11.6 Å². The van der Waals surface area contributed by atoms with Crippen molar-refractivity contribution in [1.82, 2.24) is 0 Å². The number of alkyl halides is 1. The molecule has 2 atom stereocenters. The number of hydrogen-bond donors (Lipinski definition) is 0. The zero-order valence-electron chi connectivity index (χ0n) is 8.73. The third kappa shape index (κ3) is 1.55. The molecular formula is C12H13ClF2. The lowest BCUT2D eigenvalue weighted by Crippen LogP contribution is -1.97. The van der Waals surface area contributed by atoms with Gasteiger partial charge in [-0.25, -0.2) is 8.78 Å². The summed E-state index contributed by atoms with van der Waals surface area (Å²) in [5, 5.41) is 0. The lowest BCUT2D eigenvalue weighted by atomic mass is 10.0. The van der Waals surface area contributed by atoms with Gasteiger partial charge in [0.2, 0.25) is 0 Å². The molecule has 82 valence electrons. The SMILES string of the molecule is CC1(C)C(CCl)C1c1c(F)cccc1F. The minimum atomic E-state index is -0.458. The van der Waals surface area contributed by atoms with Gasteiger partial charge in [-0.2, -0.15) is 0 Å². The van der Waals surface area contributed by atoms with E-state index in [2.05, 4.69) is 0 Å². The lowest BCUT2D eigenvalue weighted by molar-refractivity contribution is 0.529. The first-order valence-corrected chi connectivity index (χ1v) is 5.53. The van der Waals surface area contributed by atoms with Gasteiger partial charge in [0, 0.05) is 11.4 Å². The van der Waals surface area contributed by atoms with E-state index in [1.54, 1.807) is 0 Å². The van der Waals surface area contributed by atoms with Crippen molar-refractivity contribution in [3.05, 3.63) is 35.4 Å². The molecule has 0 saturated heterocycles. The second-order valence-electron chi connectivity index (χ2n) is 4.70. The second kappa shape index (κ2) is 3.44. The Hall–Kier alpha value is -0.630. The van der Waals surface area contributed by atoms with E-state index < -0.39 is 11.6 Å². The van der Waals surface area contributed by atoms with Crippen molar-refractivity contribution in [2.24, 2.45) is 11.3 Å². The van der Waals surface area contributed by atoms with Gasteiger partial charge >= 0.3 is 0 Å². The summed E-state index contributed by atoms with van der Waals surface area (Å²) >= 11 is 5.79. The van der Waals surface area contributed by atoms with Crippen LogP contribution in [0, 0.1) is 23.0 Å². The Bertz CT molecular complexity index is 367. The topological polar surface area (TPSA) is 0 Å². The summed E-state index contributed by atoms with van der Waals surface area (Å²) in [6.07, 6.45) is 0. The molecule has 0 N–H and O–H groups in total. The summed E-state index contributed by atoms with van der Waals surface area (Å²) < 4.78 is 27.0. The van der Waals surface area contributed by atoms with Crippen LogP contribution in [0.2, 0.25) is 0 Å². The molecule has 15 heavy (non-hydrogen) atoms. The number of rotatable bonds is 2. The second-order valence-corrected chi connectivity index (χ2v) is 5.00. The van der Waals surface area contributed by atoms with Crippen LogP contribution >= 0.6 is 11.6 Å². The molecule has 1 aliphatic rings. The highest BCUT2D eigenvalue weighted by molar-refractivity contribution is 6.18. The third-order valence-corrected chi connectivity index (χ3v) is 3.86. The van der Waals surface area contributed by atoms with Gasteiger partial charge in [-0.05, 0) is 29.4 Å². The highest BCUT2D eigenvalue weighted by atomic mass is 35.5. The van der Waals surface area contributed by atoms with Gasteiger partial charge in [0.05, 0.1) is 0 Å². The molecule has 0 aromatic heterocycles. The summed E-state index contributed by atoms with van der Waals surface area (Å²) in [5.74, 6) is -0.381. The Balaban J connectivity index is 2.41. The maximum Gasteiger partial charge on any atom is 0.129 e. The molecule has 1 fully saturated rings. The Morgan fingerprint density at radius 3 is 2.20 bits per heavy atom. The largest absolute Gasteiger partial charge is 0.207 e. The van der Waals surface area contributed by atoms with Crippen LogP contribution in [-0.2, 0) is 0 Å². The van der Waals surface area contributed by atoms with Crippen LogP contribution in [0.5, 0.6) is 0 Å². The maximum absolute atomic E-state index is 13.5. The van der Waals surface area contributed by atoms with Crippen molar-refractivity contribution in [2.75, 3.05) is 5.88 Å². The molecule has 0 bridgehead atoms. The average Bonchev–Trinajstić information content (AvgIpc) is 2.68. The average molecular weight is 231 g/mol. The van der Waals surface area contributed by atoms with E-state index in [0.29, 0.717) is 5.88 Å². The molecule has 3 heteroatoms. The molecule has 2 unspecified atom stereocenters. The van der Waals surface area contributed by atoms with Gasteiger partial charge in [-0.3, -0.25) is 0 Å². The number of halogens is 3. The van der Waals surface area contributed by atoms with Crippen molar-refractivity contribution in [3.8, 4) is 0 Å². The zero-order chi connectivity index (χ0) is 11.2. The summed E-state index contributed by atoms with van der Waals surface area (Å²) in [4.78, 5) is 0. The minimum absolute atomic E-state index is 0.0869. The molecular weight excluding hydrogens is 218 g/mol. The van der Waals surface area contributed by atoms with E-state index in [-0.39, 0.29) is 22.8 Å². The predicted octanol–water partition coefficient (Wildman–Crippen LogP) is 3.94. The fourth-order valence-electron chi connectivity index (χ4n) is 2.41. The highest BCUT2D eigenvalue weighted by Gasteiger charge is 2.59. The van der Waals surface area contributed by atoms with Crippen molar-refractivity contribution < 1.29 is 8.78 Å². The van der Waals surface area contributed by atoms with Gasteiger partial charge < -0.3 is 0 Å². The van der Waals surface area contributed by atoms with E-state index in [9.17, 15) is 8.78 Å². The van der Waals surface area contributed by atoms with Crippen molar-refractivity contribution in [1.29, 1.82) is 0 Å². The molecule has 0 radical (unpaired) electrons. The molecule has 0 heterocycles. The minimum Gasteiger partial charge on any atom is -0.207 e. The van der Waals surface area contributed by atoms with E-state index >= 15 is 0 Å². The number of benzene rings is 1. The van der Waals surface area contributed by atoms with Crippen molar-refractivity contribution in [2.45, 2.75) is 19.8 Å². The first-order valence-electron chi connectivity index (χ1n) is 5.00. The van der Waals surface area contributed by atoms with E-state index in [0.717, 1.165) is 0 Å². The maximum atomic E-state index is 13.5. The number of hydrogen-bond acceptors (Lipinski definition) is 0. The van der Waals surface area contributed by atoms with Crippen molar-refractivity contribution in [3.63, 3.8) is 0 Å². The molecule has 2 rings (SSSR count). The first kappa shape index (κ1) is 10.9. The summed E-state index contributed by atoms with van der Waals surface area (Å²) in [5.41, 5.74) is 0.110. The Labute approximate surface area is 93.2 Å². The highest BCUT2D eigenvalue weighted by Crippen LogP contribution is 2.65. The molecule has 0 amide bonds. The molecule has 0 aliphatic heterocycles. The van der Waals surface area contributed by atoms with E-state index in [1.807, 2.05) is 13.8 Å². The third-order valence-electron chi connectivity index (χ3n) is 3.53. The predicted molar refractivity (Wildman–Crippen MR) is 57.1 cm³/mol. The fourth-order valence-corrected chi connectivity index (χ4v) is 2.99. The Morgan fingerprint density at radius 2 is 1.80 bits per heavy atom. The van der Waals surface area contributed by atoms with Crippen molar-refractivity contribution >= 4 is 11.6 Å². The molecule has 1 aromatic rings. The monoisotopic (exact) mass is 230 g/mol. The van der Waals surface area contributed by atoms with Gasteiger partial charge in [-0.1, -0.05) is 19.9 Å². The van der Waals surface area contributed by atoms with Gasteiger partial charge in [0.25, 0.3) is 0 Å². The van der Waals surface area contributed by atoms with Crippen LogP contribution in [0.3, 0.4) is 0 Å². The lowest BCUT2D eigenvalue weighted by Gasteiger charge is -2.05. The van der Waals surface area contributed by atoms with Gasteiger partial charge in [0.15, 0.2) is 0 Å². The molecule has 1 aromatic carbocycles. The Morgan fingerprint density at radius 1 is 1.27 bits per heavy atom. The fraction of sp³-hybridized carbons (Fsp3) is 0.500. The molecule has 1 aliphatic carbocycles. The van der Waals surface area contributed by atoms with Crippen LogP contribution < -0.4 is 0 Å². The standard InChI is InChI=1S/C12H13ClF2/c1-12(2)7(6-13)11(12)10-8(14)4-3-5-9(10)15/h3-5,7,11H,6H2,1-2H3. The summed E-state index contributed by atoms with van der Waals surface area (Å²) in [7, 11) is 0. The smallest absolute Gasteiger partial charge is 0.129 e. The van der Waals surface area contributed by atoms with Crippen LogP contribution in [0.25, 0.3) is 0 Å². The molecule has 1 saturated carbocycles. The quantitative estimate of drug-likeness (QED) is 0.675. The van der Waals surface area contributed by atoms with Crippen LogP contribution in [0.1, 0.15) is 25.3 Å². The van der Waals surface area contributed by atoms with Gasteiger partial charge in [-0.15, -0.1) is 11.6 Å². The zero-order valence-corrected chi connectivity index (χ0v) is 9.48. The van der Waals surface area contributed by atoms with Crippen LogP contribution in [-0.4, -0.2) is 5.88 Å². The molecule has 0 spiro atoms. The normalized spacial score (nSPS) is 27.8. The summed E-state index contributed by atoms with van der Waals surface area (Å²) in [6, 6.07) is 4.00. The van der Waals surface area contributed by atoms with Crippen LogP contribution in [0.15, 0.2) is 18.2 Å². The van der Waals surface area contributed by atoms with Crippen LogP contribution in [0.4, 0.5) is 8.78 Å². The van der Waals surface area contributed by atoms with E-state index in [1.165, 1.54) is 18.2 Å².